The topological polar surface area (TPSA) is 78.5 Å². The number of para-hydroxylation sites is 1. The Morgan fingerprint density at radius 2 is 2.09 bits per heavy atom. The van der Waals surface area contributed by atoms with Gasteiger partial charge in [0.25, 0.3) is 0 Å². The summed E-state index contributed by atoms with van der Waals surface area (Å²) in [7, 11) is 0. The van der Waals surface area contributed by atoms with Crippen LogP contribution in [-0.2, 0) is 12.0 Å². The molecular weight excluding hydrogens is 433 g/mol. The number of halogens is 1. The summed E-state index contributed by atoms with van der Waals surface area (Å²) in [5, 5.41) is 9.69. The lowest BCUT2D eigenvalue weighted by Gasteiger charge is -2.42. The minimum atomic E-state index is -0.999. The van der Waals surface area contributed by atoms with E-state index < -0.39 is 5.97 Å². The number of rotatable bonds is 7. The minimum Gasteiger partial charge on any atom is -0.492 e. The molecule has 34 heavy (non-hydrogen) atoms. The molecule has 5 rings (SSSR count). The van der Waals surface area contributed by atoms with Crippen molar-refractivity contribution in [2.75, 3.05) is 13.2 Å². The Labute approximate surface area is 197 Å². The molecule has 2 aliphatic rings. The van der Waals surface area contributed by atoms with Crippen LogP contribution in [0, 0.1) is 5.82 Å². The summed E-state index contributed by atoms with van der Waals surface area (Å²) in [5.74, 6) is -0.820. The molecule has 0 radical (unpaired) electrons. The number of hydrogen-bond acceptors (Lipinski definition) is 4. The predicted octanol–water partition coefficient (Wildman–Crippen LogP) is 5.03. The fourth-order valence-corrected chi connectivity index (χ4v) is 5.05. The van der Waals surface area contributed by atoms with E-state index in [1.54, 1.807) is 18.5 Å². The number of aromatic nitrogens is 2. The first-order valence-electron chi connectivity index (χ1n) is 11.4. The summed E-state index contributed by atoms with van der Waals surface area (Å²) in [5.41, 5.74) is 2.70. The smallest absolute Gasteiger partial charge is 0.339 e. The van der Waals surface area contributed by atoms with Crippen LogP contribution >= 0.6 is 0 Å². The fourth-order valence-electron chi connectivity index (χ4n) is 5.05. The van der Waals surface area contributed by atoms with Crippen molar-refractivity contribution in [3.8, 4) is 5.75 Å². The molecule has 0 spiro atoms. The highest BCUT2D eigenvalue weighted by Crippen LogP contribution is 2.42. The lowest BCUT2D eigenvalue weighted by atomic mass is 9.74. The molecule has 2 atom stereocenters. The van der Waals surface area contributed by atoms with Crippen molar-refractivity contribution in [2.45, 2.75) is 30.8 Å². The number of aromatic carboxylic acids is 1. The van der Waals surface area contributed by atoms with Gasteiger partial charge in [0.15, 0.2) is 0 Å². The Morgan fingerprint density at radius 1 is 1.24 bits per heavy atom. The second-order valence-electron chi connectivity index (χ2n) is 8.82. The summed E-state index contributed by atoms with van der Waals surface area (Å²) in [6.07, 6.45) is 13.4. The second kappa shape index (κ2) is 9.27. The van der Waals surface area contributed by atoms with Crippen molar-refractivity contribution in [1.82, 2.24) is 14.9 Å². The van der Waals surface area contributed by atoms with Crippen molar-refractivity contribution in [2.24, 2.45) is 0 Å². The number of carbonyl (C=O) groups is 1. The number of aromatic amines is 1. The molecule has 2 aromatic carbocycles. The molecule has 1 aliphatic heterocycles. The van der Waals surface area contributed by atoms with Crippen molar-refractivity contribution < 1.29 is 19.0 Å². The fraction of sp³-hybridized carbons (Fsp3) is 0.259. The molecule has 1 aromatic heterocycles. The maximum Gasteiger partial charge on any atom is 0.339 e. The minimum absolute atomic E-state index is 0.0528. The van der Waals surface area contributed by atoms with E-state index in [-0.39, 0.29) is 22.8 Å². The van der Waals surface area contributed by atoms with Crippen LogP contribution in [0.1, 0.15) is 46.1 Å². The molecule has 2 heterocycles. The van der Waals surface area contributed by atoms with Crippen LogP contribution in [-0.4, -0.2) is 39.1 Å². The van der Waals surface area contributed by atoms with Gasteiger partial charge in [0.05, 0.1) is 12.9 Å². The van der Waals surface area contributed by atoms with Gasteiger partial charge in [-0.25, -0.2) is 14.2 Å². The van der Waals surface area contributed by atoms with E-state index in [1.807, 2.05) is 36.5 Å². The highest BCUT2D eigenvalue weighted by atomic mass is 19.1. The summed E-state index contributed by atoms with van der Waals surface area (Å²) in [6.45, 7) is 1.68. The lowest BCUT2D eigenvalue weighted by molar-refractivity contribution is 0.0684. The van der Waals surface area contributed by atoms with E-state index in [0.717, 1.165) is 29.7 Å². The van der Waals surface area contributed by atoms with Gasteiger partial charge in [-0.1, -0.05) is 48.6 Å². The maximum atomic E-state index is 13.7. The van der Waals surface area contributed by atoms with Crippen LogP contribution in [0.25, 0.3) is 0 Å². The standard InChI is InChI=1S/C27H26FN3O3/c28-20-9-7-19(8-10-20)27(12-2-1-3-13-27)17-31(16-21-15-29-18-30-21)24-11-14-34-25-22(24)5-4-6-23(25)26(32)33/h1-10,12,15,18,24H,11,13-14,16-17H2,(H,29,30)(H,32,33). The highest BCUT2D eigenvalue weighted by molar-refractivity contribution is 5.91. The van der Waals surface area contributed by atoms with Crippen LogP contribution < -0.4 is 4.74 Å². The third kappa shape index (κ3) is 4.26. The first-order valence-corrected chi connectivity index (χ1v) is 11.4. The first kappa shape index (κ1) is 22.1. The molecule has 0 saturated heterocycles. The van der Waals surface area contributed by atoms with Gasteiger partial charge >= 0.3 is 5.97 Å². The second-order valence-corrected chi connectivity index (χ2v) is 8.82. The average Bonchev–Trinajstić information content (AvgIpc) is 3.37. The van der Waals surface area contributed by atoms with Gasteiger partial charge in [0.2, 0.25) is 0 Å². The van der Waals surface area contributed by atoms with Gasteiger partial charge in [0.1, 0.15) is 17.1 Å². The van der Waals surface area contributed by atoms with Crippen LogP contribution in [0.15, 0.2) is 79.3 Å². The Hall–Kier alpha value is -3.71. The van der Waals surface area contributed by atoms with Gasteiger partial charge in [0, 0.05) is 48.4 Å². The molecule has 3 aromatic rings. The zero-order valence-electron chi connectivity index (χ0n) is 18.7. The zero-order chi connectivity index (χ0) is 23.5. The van der Waals surface area contributed by atoms with Gasteiger partial charge in [-0.15, -0.1) is 0 Å². The van der Waals surface area contributed by atoms with Gasteiger partial charge < -0.3 is 14.8 Å². The van der Waals surface area contributed by atoms with E-state index in [4.69, 9.17) is 4.74 Å². The van der Waals surface area contributed by atoms with Gasteiger partial charge in [-0.2, -0.15) is 0 Å². The molecule has 0 fully saturated rings. The zero-order valence-corrected chi connectivity index (χ0v) is 18.7. The summed E-state index contributed by atoms with van der Waals surface area (Å²) in [6, 6.07) is 12.0. The molecule has 0 saturated carbocycles. The molecule has 0 bridgehead atoms. The summed E-state index contributed by atoms with van der Waals surface area (Å²) >= 11 is 0. The van der Waals surface area contributed by atoms with Gasteiger partial charge in [-0.05, 0) is 30.2 Å². The van der Waals surface area contributed by atoms with E-state index in [9.17, 15) is 14.3 Å². The van der Waals surface area contributed by atoms with Crippen molar-refractivity contribution in [3.63, 3.8) is 0 Å². The van der Waals surface area contributed by atoms with Crippen LogP contribution in [0.5, 0.6) is 5.75 Å². The first-order chi connectivity index (χ1) is 16.6. The van der Waals surface area contributed by atoms with Crippen molar-refractivity contribution in [1.29, 1.82) is 0 Å². The summed E-state index contributed by atoms with van der Waals surface area (Å²) < 4.78 is 19.6. The van der Waals surface area contributed by atoms with Crippen LogP contribution in [0.3, 0.4) is 0 Å². The number of H-pyrrole nitrogens is 1. The lowest BCUT2D eigenvalue weighted by Crippen LogP contribution is -2.43. The number of allylic oxidation sites excluding steroid dienone is 3. The monoisotopic (exact) mass is 459 g/mol. The Balaban J connectivity index is 1.57. The number of imidazole rings is 1. The molecule has 2 unspecified atom stereocenters. The molecule has 1 aliphatic carbocycles. The number of carboxylic acid groups (broad SMARTS) is 1. The Morgan fingerprint density at radius 3 is 2.79 bits per heavy atom. The number of carboxylic acids is 1. The predicted molar refractivity (Wildman–Crippen MR) is 126 cm³/mol. The van der Waals surface area contributed by atoms with E-state index in [2.05, 4.69) is 27.0 Å². The average molecular weight is 460 g/mol. The van der Waals surface area contributed by atoms with Gasteiger partial charge in [-0.3, -0.25) is 4.90 Å². The van der Waals surface area contributed by atoms with Crippen molar-refractivity contribution in [3.05, 3.63) is 107 Å². The van der Waals surface area contributed by atoms with E-state index in [1.165, 1.54) is 12.1 Å². The molecule has 7 heteroatoms. The normalized spacial score (nSPS) is 21.3. The number of fused-ring (bicyclic) bond motifs is 1. The highest BCUT2D eigenvalue weighted by Gasteiger charge is 2.37. The Kier molecular flexibility index (Phi) is 6.02. The molecule has 2 N–H and O–H groups in total. The molecule has 174 valence electrons. The third-order valence-corrected chi connectivity index (χ3v) is 6.69. The SMILES string of the molecule is O=C(O)c1cccc2c1OCCC2N(Cc1cnc[nH]1)CC1(c2ccc(F)cc2)C=CC=CC1. The maximum absolute atomic E-state index is 13.7. The third-order valence-electron chi connectivity index (χ3n) is 6.69. The quantitative estimate of drug-likeness (QED) is 0.518. The molecule has 0 amide bonds. The largest absolute Gasteiger partial charge is 0.492 e. The number of nitrogens with zero attached hydrogens (tertiary/aromatic N) is 2. The van der Waals surface area contributed by atoms with Crippen LogP contribution in [0.2, 0.25) is 0 Å². The number of benzene rings is 2. The molecule has 6 nitrogen and oxygen atoms in total. The summed E-state index contributed by atoms with van der Waals surface area (Å²) in [4.78, 5) is 21.6. The van der Waals surface area contributed by atoms with Crippen molar-refractivity contribution >= 4 is 5.97 Å². The Bertz CT molecular complexity index is 1220. The van der Waals surface area contributed by atoms with E-state index >= 15 is 0 Å². The molecular formula is C27H26FN3O3. The number of hydrogen-bond donors (Lipinski definition) is 2. The van der Waals surface area contributed by atoms with E-state index in [0.29, 0.717) is 25.4 Å². The number of nitrogens with one attached hydrogen (secondary N) is 1. The number of ether oxygens (including phenoxy) is 1. The van der Waals surface area contributed by atoms with Crippen LogP contribution in [0.4, 0.5) is 4.39 Å².